The molecule has 2 aromatic carbocycles. The minimum absolute atomic E-state index is 0.0439. The number of amides is 1. The summed E-state index contributed by atoms with van der Waals surface area (Å²) in [6.07, 6.45) is 1.09. The Kier molecular flexibility index (Phi) is 7.57. The van der Waals surface area contributed by atoms with E-state index in [0.717, 1.165) is 0 Å². The van der Waals surface area contributed by atoms with Crippen molar-refractivity contribution in [2.45, 2.75) is 38.8 Å². The lowest BCUT2D eigenvalue weighted by atomic mass is 10.0. The predicted octanol–water partition coefficient (Wildman–Crippen LogP) is 3.46. The minimum Gasteiger partial charge on any atom is -0.497 e. The highest BCUT2D eigenvalue weighted by Gasteiger charge is 2.36. The van der Waals surface area contributed by atoms with Gasteiger partial charge in [-0.05, 0) is 43.5 Å². The molecule has 33 heavy (non-hydrogen) atoms. The molecule has 10 heteroatoms. The van der Waals surface area contributed by atoms with Gasteiger partial charge < -0.3 is 14.4 Å². The topological polar surface area (TPSA) is 116 Å². The van der Waals surface area contributed by atoms with Crippen LogP contribution in [0.2, 0.25) is 0 Å². The first-order valence-electron chi connectivity index (χ1n) is 10.7. The summed E-state index contributed by atoms with van der Waals surface area (Å²) >= 11 is 0. The normalized spacial score (nSPS) is 17.8. The number of benzene rings is 2. The number of hydrogen-bond donors (Lipinski definition) is 0. The number of sulfone groups is 1. The summed E-state index contributed by atoms with van der Waals surface area (Å²) in [6, 6.07) is 10.6. The molecular formula is C23H28N2O7S. The molecule has 1 saturated heterocycles. The molecule has 0 bridgehead atoms. The molecule has 1 heterocycles. The van der Waals surface area contributed by atoms with E-state index in [0.29, 0.717) is 35.5 Å². The van der Waals surface area contributed by atoms with Gasteiger partial charge in [0.1, 0.15) is 11.5 Å². The standard InChI is InChI=1S/C23H28N2O7S/c1-4-16(2)24(19-11-12-33(29,30)15-19)23(26)14-32-22-10-7-18(25(27)28)13-21(22)17-5-8-20(31-3)9-6-17/h5-10,13,16,19H,4,11-12,14-15H2,1-3H3/t16-,19+/m1/s1. The maximum Gasteiger partial charge on any atom is 0.270 e. The maximum atomic E-state index is 13.1. The Morgan fingerprint density at radius 2 is 1.94 bits per heavy atom. The summed E-state index contributed by atoms with van der Waals surface area (Å²) in [6.45, 7) is 3.52. The zero-order valence-corrected chi connectivity index (χ0v) is 19.7. The molecule has 0 aliphatic carbocycles. The maximum absolute atomic E-state index is 13.1. The molecule has 0 aromatic heterocycles. The van der Waals surface area contributed by atoms with Crippen molar-refractivity contribution in [3.05, 3.63) is 52.6 Å². The number of carbonyl (C=O) groups is 1. The largest absolute Gasteiger partial charge is 0.497 e. The van der Waals surface area contributed by atoms with Gasteiger partial charge in [0, 0.05) is 29.8 Å². The molecule has 2 atom stereocenters. The van der Waals surface area contributed by atoms with Crippen molar-refractivity contribution in [2.75, 3.05) is 25.2 Å². The zero-order valence-electron chi connectivity index (χ0n) is 18.9. The Bertz CT molecular complexity index is 1120. The number of hydrogen-bond acceptors (Lipinski definition) is 7. The molecule has 9 nitrogen and oxygen atoms in total. The lowest BCUT2D eigenvalue weighted by Crippen LogP contribution is -2.48. The summed E-state index contributed by atoms with van der Waals surface area (Å²) in [5.74, 6) is 0.672. The second-order valence-corrected chi connectivity index (χ2v) is 10.3. The van der Waals surface area contributed by atoms with Gasteiger partial charge in [-0.25, -0.2) is 8.42 Å². The summed E-state index contributed by atoms with van der Waals surface area (Å²) < 4.78 is 34.9. The molecule has 1 aliphatic heterocycles. The van der Waals surface area contributed by atoms with Gasteiger partial charge >= 0.3 is 0 Å². The molecule has 1 aliphatic rings. The highest BCUT2D eigenvalue weighted by molar-refractivity contribution is 7.91. The van der Waals surface area contributed by atoms with Gasteiger partial charge in [-0.3, -0.25) is 14.9 Å². The van der Waals surface area contributed by atoms with E-state index < -0.39 is 14.8 Å². The second-order valence-electron chi connectivity index (χ2n) is 8.07. The number of nitro benzene ring substituents is 1. The van der Waals surface area contributed by atoms with Crippen LogP contribution in [0.1, 0.15) is 26.7 Å². The first kappa shape index (κ1) is 24.5. The van der Waals surface area contributed by atoms with Gasteiger partial charge in [0.25, 0.3) is 11.6 Å². The van der Waals surface area contributed by atoms with Crippen molar-refractivity contribution in [3.63, 3.8) is 0 Å². The predicted molar refractivity (Wildman–Crippen MR) is 124 cm³/mol. The van der Waals surface area contributed by atoms with Crippen molar-refractivity contribution < 1.29 is 27.6 Å². The number of non-ortho nitro benzene ring substituents is 1. The minimum atomic E-state index is -3.15. The molecule has 0 N–H and O–H groups in total. The van der Waals surface area contributed by atoms with E-state index in [-0.39, 0.29) is 41.8 Å². The van der Waals surface area contributed by atoms with Crippen LogP contribution in [0.15, 0.2) is 42.5 Å². The third kappa shape index (κ3) is 5.81. The monoisotopic (exact) mass is 476 g/mol. The molecule has 1 amide bonds. The Morgan fingerprint density at radius 1 is 1.24 bits per heavy atom. The molecule has 1 fully saturated rings. The molecule has 0 unspecified atom stereocenters. The number of ether oxygens (including phenoxy) is 2. The molecule has 2 aromatic rings. The quantitative estimate of drug-likeness (QED) is 0.402. The molecule has 3 rings (SSSR count). The highest BCUT2D eigenvalue weighted by atomic mass is 32.2. The van der Waals surface area contributed by atoms with Crippen molar-refractivity contribution in [3.8, 4) is 22.6 Å². The van der Waals surface area contributed by atoms with Crippen LogP contribution in [0.5, 0.6) is 11.5 Å². The van der Waals surface area contributed by atoms with Crippen molar-refractivity contribution >= 4 is 21.4 Å². The number of rotatable bonds is 9. The van der Waals surface area contributed by atoms with Crippen molar-refractivity contribution in [1.29, 1.82) is 0 Å². The average Bonchev–Trinajstić information content (AvgIpc) is 3.16. The summed E-state index contributed by atoms with van der Waals surface area (Å²) in [4.78, 5) is 25.5. The Balaban J connectivity index is 1.85. The van der Waals surface area contributed by atoms with Gasteiger partial charge in [-0.1, -0.05) is 19.1 Å². The molecule has 0 saturated carbocycles. The van der Waals surface area contributed by atoms with Crippen molar-refractivity contribution in [2.24, 2.45) is 0 Å². The Labute approximate surface area is 193 Å². The van der Waals surface area contributed by atoms with Gasteiger partial charge in [0.05, 0.1) is 23.5 Å². The SMILES string of the molecule is CC[C@@H](C)N(C(=O)COc1ccc([N+](=O)[O-])cc1-c1ccc(OC)cc1)[C@H]1CCS(=O)(=O)C1. The second kappa shape index (κ2) is 10.2. The summed E-state index contributed by atoms with van der Waals surface area (Å²) in [7, 11) is -1.61. The van der Waals surface area contributed by atoms with Gasteiger partial charge in [-0.2, -0.15) is 0 Å². The molecular weight excluding hydrogens is 448 g/mol. The summed E-state index contributed by atoms with van der Waals surface area (Å²) in [5.41, 5.74) is 1.04. The number of nitrogens with zero attached hydrogens (tertiary/aromatic N) is 2. The zero-order chi connectivity index (χ0) is 24.2. The van der Waals surface area contributed by atoms with Crippen LogP contribution in [0.3, 0.4) is 0 Å². The van der Waals surface area contributed by atoms with E-state index in [1.165, 1.54) is 18.2 Å². The molecule has 178 valence electrons. The summed E-state index contributed by atoms with van der Waals surface area (Å²) in [5, 5.41) is 11.3. The van der Waals surface area contributed by atoms with Crippen LogP contribution in [0.25, 0.3) is 11.1 Å². The van der Waals surface area contributed by atoms with Gasteiger partial charge in [-0.15, -0.1) is 0 Å². The van der Waals surface area contributed by atoms with Crippen LogP contribution < -0.4 is 9.47 Å². The average molecular weight is 477 g/mol. The van der Waals surface area contributed by atoms with E-state index in [1.807, 2.05) is 13.8 Å². The fourth-order valence-electron chi connectivity index (χ4n) is 3.97. The van der Waals surface area contributed by atoms with Gasteiger partial charge in [0.15, 0.2) is 16.4 Å². The Morgan fingerprint density at radius 3 is 2.48 bits per heavy atom. The smallest absolute Gasteiger partial charge is 0.270 e. The van der Waals surface area contributed by atoms with E-state index in [4.69, 9.17) is 9.47 Å². The van der Waals surface area contributed by atoms with Crippen LogP contribution in [0, 0.1) is 10.1 Å². The molecule has 0 spiro atoms. The Hall–Kier alpha value is -3.14. The first-order valence-corrected chi connectivity index (χ1v) is 12.5. The first-order chi connectivity index (χ1) is 15.6. The molecule has 0 radical (unpaired) electrons. The number of nitro groups is 1. The van der Waals surface area contributed by atoms with E-state index in [9.17, 15) is 23.3 Å². The third-order valence-corrected chi connectivity index (χ3v) is 7.63. The van der Waals surface area contributed by atoms with E-state index in [1.54, 1.807) is 36.3 Å². The fraction of sp³-hybridized carbons (Fsp3) is 0.435. The lowest BCUT2D eigenvalue weighted by molar-refractivity contribution is -0.384. The number of carbonyl (C=O) groups excluding carboxylic acids is 1. The lowest BCUT2D eigenvalue weighted by Gasteiger charge is -2.33. The highest BCUT2D eigenvalue weighted by Crippen LogP contribution is 2.34. The van der Waals surface area contributed by atoms with E-state index >= 15 is 0 Å². The van der Waals surface area contributed by atoms with E-state index in [2.05, 4.69) is 0 Å². The van der Waals surface area contributed by atoms with Crippen LogP contribution in [-0.4, -0.2) is 61.5 Å². The third-order valence-electron chi connectivity index (χ3n) is 5.88. The van der Waals surface area contributed by atoms with Crippen LogP contribution >= 0.6 is 0 Å². The fourth-order valence-corrected chi connectivity index (χ4v) is 5.68. The number of methoxy groups -OCH3 is 1. The van der Waals surface area contributed by atoms with Gasteiger partial charge in [0.2, 0.25) is 0 Å². The van der Waals surface area contributed by atoms with Crippen LogP contribution in [0.4, 0.5) is 5.69 Å². The van der Waals surface area contributed by atoms with Crippen molar-refractivity contribution in [1.82, 2.24) is 4.90 Å². The van der Waals surface area contributed by atoms with Crippen LogP contribution in [-0.2, 0) is 14.6 Å².